The van der Waals surface area contributed by atoms with Gasteiger partial charge in [0.05, 0.1) is 5.75 Å². The molecule has 0 spiro atoms. The number of rotatable bonds is 4. The maximum absolute atomic E-state index is 13.2. The molecule has 1 fully saturated rings. The summed E-state index contributed by atoms with van der Waals surface area (Å²) < 4.78 is 27.1. The van der Waals surface area contributed by atoms with E-state index in [-0.39, 0.29) is 23.6 Å². The minimum absolute atomic E-state index is 0.0668. The van der Waals surface area contributed by atoms with Gasteiger partial charge in [0.1, 0.15) is 0 Å². The maximum Gasteiger partial charge on any atom is 0.230 e. The number of nitrogens with zero attached hydrogens (tertiary/aromatic N) is 2. The summed E-state index contributed by atoms with van der Waals surface area (Å²) in [7, 11) is -3.43. The highest BCUT2D eigenvalue weighted by atomic mass is 35.5. The van der Waals surface area contributed by atoms with E-state index in [0.717, 1.165) is 12.1 Å². The van der Waals surface area contributed by atoms with E-state index in [0.29, 0.717) is 36.5 Å². The lowest BCUT2D eigenvalue weighted by Gasteiger charge is -2.34. The molecule has 154 valence electrons. The van der Waals surface area contributed by atoms with Gasteiger partial charge in [0.2, 0.25) is 15.9 Å². The van der Waals surface area contributed by atoms with E-state index >= 15 is 0 Å². The molecular formula is C22H25ClN2O3S. The first-order valence-corrected chi connectivity index (χ1v) is 12.0. The Kier molecular flexibility index (Phi) is 5.69. The van der Waals surface area contributed by atoms with Crippen molar-refractivity contribution in [2.45, 2.75) is 38.0 Å². The van der Waals surface area contributed by atoms with Gasteiger partial charge in [0.25, 0.3) is 0 Å². The fourth-order valence-corrected chi connectivity index (χ4v) is 6.17. The van der Waals surface area contributed by atoms with Gasteiger partial charge in [-0.2, -0.15) is 0 Å². The van der Waals surface area contributed by atoms with Crippen LogP contribution in [-0.2, 0) is 27.0 Å². The van der Waals surface area contributed by atoms with Crippen molar-refractivity contribution >= 4 is 33.2 Å². The van der Waals surface area contributed by atoms with Crippen molar-refractivity contribution in [3.05, 3.63) is 64.7 Å². The third-order valence-corrected chi connectivity index (χ3v) is 7.96. The van der Waals surface area contributed by atoms with Gasteiger partial charge in [-0.3, -0.25) is 4.79 Å². The van der Waals surface area contributed by atoms with Gasteiger partial charge in [-0.25, -0.2) is 12.7 Å². The average molecular weight is 433 g/mol. The Hall–Kier alpha value is -1.89. The number of hydrogen-bond acceptors (Lipinski definition) is 3. The summed E-state index contributed by atoms with van der Waals surface area (Å²) in [5, 5.41) is 0.530. The normalized spacial score (nSPS) is 20.6. The Morgan fingerprint density at radius 1 is 1.10 bits per heavy atom. The van der Waals surface area contributed by atoms with Gasteiger partial charge < -0.3 is 4.90 Å². The molecule has 1 saturated heterocycles. The molecule has 5 nitrogen and oxygen atoms in total. The summed E-state index contributed by atoms with van der Waals surface area (Å²) in [6.07, 6.45) is 1.98. The molecule has 0 N–H and O–H groups in total. The van der Waals surface area contributed by atoms with E-state index in [1.54, 1.807) is 24.3 Å². The number of halogens is 1. The smallest absolute Gasteiger partial charge is 0.230 e. The summed E-state index contributed by atoms with van der Waals surface area (Å²) in [5.41, 5.74) is 2.88. The maximum atomic E-state index is 13.2. The molecule has 0 bridgehead atoms. The van der Waals surface area contributed by atoms with Gasteiger partial charge >= 0.3 is 0 Å². The molecule has 2 heterocycles. The van der Waals surface area contributed by atoms with Crippen LogP contribution in [0, 0.1) is 5.92 Å². The highest BCUT2D eigenvalue weighted by molar-refractivity contribution is 7.88. The molecule has 2 aromatic carbocycles. The molecular weight excluding hydrogens is 408 g/mol. The third kappa shape index (κ3) is 4.20. The lowest BCUT2D eigenvalue weighted by molar-refractivity contribution is -0.123. The second-order valence-electron chi connectivity index (χ2n) is 7.95. The van der Waals surface area contributed by atoms with E-state index in [4.69, 9.17) is 11.6 Å². The van der Waals surface area contributed by atoms with Crippen LogP contribution in [0.2, 0.25) is 5.02 Å². The number of sulfonamides is 1. The number of carbonyl (C=O) groups excluding carboxylic acids is 1. The van der Waals surface area contributed by atoms with Crippen LogP contribution in [-0.4, -0.2) is 37.8 Å². The number of hydrogen-bond donors (Lipinski definition) is 0. The highest BCUT2D eigenvalue weighted by Gasteiger charge is 2.37. The molecule has 1 amide bonds. The SMILES string of the molecule is C[C@H]1Cc2ccccc2N1C(=O)C1CCN(S(=O)(=O)Cc2cccc(Cl)c2)CC1. The van der Waals surface area contributed by atoms with E-state index in [1.807, 2.05) is 23.1 Å². The van der Waals surface area contributed by atoms with E-state index in [9.17, 15) is 13.2 Å². The Morgan fingerprint density at radius 2 is 1.83 bits per heavy atom. The number of carbonyl (C=O) groups is 1. The van der Waals surface area contributed by atoms with E-state index in [2.05, 4.69) is 13.0 Å². The zero-order valence-electron chi connectivity index (χ0n) is 16.4. The first kappa shape index (κ1) is 20.4. The standard InChI is InChI=1S/C22H25ClN2O3S/c1-16-13-19-6-2-3-8-21(19)25(16)22(26)18-9-11-24(12-10-18)29(27,28)15-17-5-4-7-20(23)14-17/h2-8,14,16,18H,9-13,15H2,1H3/t16-/m0/s1. The van der Waals surface area contributed by atoms with Crippen LogP contribution in [0.15, 0.2) is 48.5 Å². The number of fused-ring (bicyclic) bond motifs is 1. The lowest BCUT2D eigenvalue weighted by Crippen LogP contribution is -2.46. The number of amides is 1. The first-order chi connectivity index (χ1) is 13.8. The van der Waals surface area contributed by atoms with Crippen molar-refractivity contribution < 1.29 is 13.2 Å². The summed E-state index contributed by atoms with van der Waals surface area (Å²) in [5.74, 6) is -0.0848. The Morgan fingerprint density at radius 3 is 2.55 bits per heavy atom. The van der Waals surface area contributed by atoms with Crippen molar-refractivity contribution in [1.29, 1.82) is 0 Å². The third-order valence-electron chi connectivity index (χ3n) is 5.88. The molecule has 2 aliphatic rings. The minimum atomic E-state index is -3.43. The number of piperidine rings is 1. The highest BCUT2D eigenvalue weighted by Crippen LogP contribution is 2.35. The average Bonchev–Trinajstić information content (AvgIpc) is 3.03. The van der Waals surface area contributed by atoms with Crippen LogP contribution in [0.1, 0.15) is 30.9 Å². The summed E-state index contributed by atoms with van der Waals surface area (Å²) in [6, 6.07) is 15.1. The second-order valence-corrected chi connectivity index (χ2v) is 10.4. The Bertz CT molecular complexity index is 1020. The molecule has 2 aliphatic heterocycles. The molecule has 0 aliphatic carbocycles. The van der Waals surface area contributed by atoms with Crippen LogP contribution < -0.4 is 4.90 Å². The van der Waals surface area contributed by atoms with Crippen LogP contribution in [0.5, 0.6) is 0 Å². The van der Waals surface area contributed by atoms with Crippen LogP contribution in [0.3, 0.4) is 0 Å². The van der Waals surface area contributed by atoms with Crippen molar-refractivity contribution in [3.8, 4) is 0 Å². The number of para-hydroxylation sites is 1. The molecule has 7 heteroatoms. The van der Waals surface area contributed by atoms with Crippen molar-refractivity contribution in [1.82, 2.24) is 4.31 Å². The zero-order valence-corrected chi connectivity index (χ0v) is 18.0. The van der Waals surface area contributed by atoms with Gasteiger partial charge in [-0.1, -0.05) is 41.9 Å². The number of anilines is 1. The molecule has 0 aromatic heterocycles. The topological polar surface area (TPSA) is 57.7 Å². The fraction of sp³-hybridized carbons (Fsp3) is 0.409. The Balaban J connectivity index is 1.41. The van der Waals surface area contributed by atoms with Crippen molar-refractivity contribution in [2.24, 2.45) is 5.92 Å². The molecule has 29 heavy (non-hydrogen) atoms. The van der Waals surface area contributed by atoms with Crippen LogP contribution in [0.25, 0.3) is 0 Å². The fourth-order valence-electron chi connectivity index (χ4n) is 4.41. The van der Waals surface area contributed by atoms with E-state index in [1.165, 1.54) is 9.87 Å². The summed E-state index contributed by atoms with van der Waals surface area (Å²) in [4.78, 5) is 15.1. The van der Waals surface area contributed by atoms with Crippen LogP contribution >= 0.6 is 11.6 Å². The van der Waals surface area contributed by atoms with Gasteiger partial charge in [0, 0.05) is 35.8 Å². The molecule has 1 atom stereocenters. The van der Waals surface area contributed by atoms with Crippen molar-refractivity contribution in [3.63, 3.8) is 0 Å². The predicted octanol–water partition coefficient (Wildman–Crippen LogP) is 3.86. The summed E-state index contributed by atoms with van der Waals surface area (Å²) in [6.45, 7) is 2.83. The Labute approximate surface area is 177 Å². The summed E-state index contributed by atoms with van der Waals surface area (Å²) >= 11 is 5.97. The second kappa shape index (κ2) is 8.09. The lowest BCUT2D eigenvalue weighted by atomic mass is 9.96. The monoisotopic (exact) mass is 432 g/mol. The predicted molar refractivity (Wildman–Crippen MR) is 115 cm³/mol. The molecule has 0 unspecified atom stereocenters. The molecule has 0 saturated carbocycles. The van der Waals surface area contributed by atoms with E-state index < -0.39 is 10.0 Å². The first-order valence-electron chi connectivity index (χ1n) is 9.98. The minimum Gasteiger partial charge on any atom is -0.309 e. The molecule has 4 rings (SSSR count). The number of benzene rings is 2. The van der Waals surface area contributed by atoms with Crippen molar-refractivity contribution in [2.75, 3.05) is 18.0 Å². The quantitative estimate of drug-likeness (QED) is 0.737. The molecule has 0 radical (unpaired) electrons. The zero-order chi connectivity index (χ0) is 20.6. The molecule has 2 aromatic rings. The van der Waals surface area contributed by atoms with Gasteiger partial charge in [-0.05, 0) is 55.5 Å². The van der Waals surface area contributed by atoms with Gasteiger partial charge in [-0.15, -0.1) is 0 Å². The van der Waals surface area contributed by atoms with Gasteiger partial charge in [0.15, 0.2) is 0 Å². The largest absolute Gasteiger partial charge is 0.309 e. The van der Waals surface area contributed by atoms with Crippen LogP contribution in [0.4, 0.5) is 5.69 Å².